The van der Waals surface area contributed by atoms with E-state index >= 15 is 0 Å². The molecule has 0 radical (unpaired) electrons. The Bertz CT molecular complexity index is 1030. The Morgan fingerprint density at radius 3 is 2.21 bits per heavy atom. The predicted octanol–water partition coefficient (Wildman–Crippen LogP) is 2.61. The maximum Gasteiger partial charge on any atom is 0.222 e. The predicted molar refractivity (Wildman–Crippen MR) is 126 cm³/mol. The van der Waals surface area contributed by atoms with Gasteiger partial charge >= 0.3 is 0 Å². The number of piperazine rings is 1. The molecule has 9 heteroatoms. The molecule has 180 valence electrons. The first kappa shape index (κ1) is 24.9. The van der Waals surface area contributed by atoms with E-state index in [9.17, 15) is 13.2 Å². The molecule has 1 saturated heterocycles. The molecule has 0 unspecified atom stereocenters. The first-order valence-corrected chi connectivity index (χ1v) is 12.8. The van der Waals surface area contributed by atoms with E-state index in [2.05, 4.69) is 4.90 Å². The average Bonchev–Trinajstić information content (AvgIpc) is 2.82. The summed E-state index contributed by atoms with van der Waals surface area (Å²) in [5.74, 6) is 2.36. The lowest BCUT2D eigenvalue weighted by Crippen LogP contribution is -2.48. The largest absolute Gasteiger partial charge is 0.497 e. The minimum Gasteiger partial charge on any atom is -0.497 e. The van der Waals surface area contributed by atoms with Gasteiger partial charge in [-0.15, -0.1) is 0 Å². The molecule has 8 nitrogen and oxygen atoms in total. The van der Waals surface area contributed by atoms with E-state index in [1.165, 1.54) is 18.4 Å². The number of benzene rings is 2. The van der Waals surface area contributed by atoms with Crippen LogP contribution in [0.3, 0.4) is 0 Å². The van der Waals surface area contributed by atoms with Crippen LogP contribution < -0.4 is 14.2 Å². The number of sulfone groups is 1. The normalized spacial score (nSPS) is 14.7. The fourth-order valence-corrected chi connectivity index (χ4v) is 4.39. The van der Waals surface area contributed by atoms with E-state index in [0.717, 1.165) is 36.7 Å². The van der Waals surface area contributed by atoms with Crippen molar-refractivity contribution >= 4 is 15.7 Å². The van der Waals surface area contributed by atoms with Crippen LogP contribution >= 0.6 is 0 Å². The lowest BCUT2D eigenvalue weighted by molar-refractivity contribution is -0.133. The van der Waals surface area contributed by atoms with Gasteiger partial charge in [0.2, 0.25) is 5.91 Å². The SMILES string of the molecule is COc1ccc(OC)c(CN2CCN(C(=O)CCCOc3ccc(S(C)(=O)=O)cc3)CC2)c1. The Kier molecular flexibility index (Phi) is 8.57. The van der Waals surface area contributed by atoms with Gasteiger partial charge in [-0.1, -0.05) is 0 Å². The number of carbonyl (C=O) groups is 1. The van der Waals surface area contributed by atoms with Crippen molar-refractivity contribution in [2.24, 2.45) is 0 Å². The summed E-state index contributed by atoms with van der Waals surface area (Å²) in [6.07, 6.45) is 2.20. The molecule has 1 amide bonds. The summed E-state index contributed by atoms with van der Waals surface area (Å²) >= 11 is 0. The van der Waals surface area contributed by atoms with Gasteiger partial charge in [-0.2, -0.15) is 0 Å². The third kappa shape index (κ3) is 7.10. The van der Waals surface area contributed by atoms with E-state index in [1.54, 1.807) is 26.4 Å². The van der Waals surface area contributed by atoms with Crippen molar-refractivity contribution in [1.82, 2.24) is 9.80 Å². The molecule has 0 bridgehead atoms. The molecule has 0 N–H and O–H groups in total. The highest BCUT2D eigenvalue weighted by Crippen LogP contribution is 2.25. The van der Waals surface area contributed by atoms with Crippen molar-refractivity contribution in [3.63, 3.8) is 0 Å². The molecule has 3 rings (SSSR count). The molecule has 0 spiro atoms. The highest BCUT2D eigenvalue weighted by atomic mass is 32.2. The van der Waals surface area contributed by atoms with Gasteiger partial charge in [-0.3, -0.25) is 9.69 Å². The van der Waals surface area contributed by atoms with Crippen LogP contribution in [0.15, 0.2) is 47.4 Å². The van der Waals surface area contributed by atoms with Gasteiger partial charge in [0.15, 0.2) is 9.84 Å². The van der Waals surface area contributed by atoms with Crippen molar-refractivity contribution in [3.05, 3.63) is 48.0 Å². The van der Waals surface area contributed by atoms with Crippen LogP contribution in [-0.2, 0) is 21.2 Å². The zero-order valence-corrected chi connectivity index (χ0v) is 20.3. The third-order valence-corrected chi connectivity index (χ3v) is 6.79. The summed E-state index contributed by atoms with van der Waals surface area (Å²) in [7, 11) is 0.0934. The molecule has 1 fully saturated rings. The monoisotopic (exact) mass is 476 g/mol. The van der Waals surface area contributed by atoms with Crippen molar-refractivity contribution < 1.29 is 27.4 Å². The van der Waals surface area contributed by atoms with Gasteiger partial charge < -0.3 is 19.1 Å². The topological polar surface area (TPSA) is 85.4 Å². The van der Waals surface area contributed by atoms with Gasteiger partial charge in [0, 0.05) is 51.0 Å². The molecule has 1 aliphatic heterocycles. The minimum atomic E-state index is -3.22. The number of rotatable bonds is 10. The van der Waals surface area contributed by atoms with Crippen LogP contribution in [0.5, 0.6) is 17.2 Å². The van der Waals surface area contributed by atoms with Crippen LogP contribution in [0, 0.1) is 0 Å². The molecule has 0 atom stereocenters. The zero-order chi connectivity index (χ0) is 23.8. The van der Waals surface area contributed by atoms with Crippen LogP contribution in [0.4, 0.5) is 0 Å². The van der Waals surface area contributed by atoms with Gasteiger partial charge in [-0.05, 0) is 48.9 Å². The van der Waals surface area contributed by atoms with Crippen molar-refractivity contribution in [2.75, 3.05) is 53.3 Å². The molecule has 0 aliphatic carbocycles. The first-order valence-electron chi connectivity index (χ1n) is 10.9. The Morgan fingerprint density at radius 2 is 1.61 bits per heavy atom. The quantitative estimate of drug-likeness (QED) is 0.487. The van der Waals surface area contributed by atoms with Crippen LogP contribution in [0.1, 0.15) is 18.4 Å². The lowest BCUT2D eigenvalue weighted by Gasteiger charge is -2.35. The average molecular weight is 477 g/mol. The molecule has 0 saturated carbocycles. The van der Waals surface area contributed by atoms with Gasteiger partial charge in [0.25, 0.3) is 0 Å². The van der Waals surface area contributed by atoms with Gasteiger partial charge in [0.1, 0.15) is 17.2 Å². The summed E-state index contributed by atoms with van der Waals surface area (Å²) < 4.78 is 39.4. The van der Waals surface area contributed by atoms with E-state index in [4.69, 9.17) is 14.2 Å². The molecular formula is C24H32N2O6S. The minimum absolute atomic E-state index is 0.129. The standard InChI is InChI=1S/C24H32N2O6S/c1-30-21-8-11-23(31-2)19(17-21)18-25-12-14-26(15-13-25)24(27)5-4-16-32-20-6-9-22(10-7-20)33(3,28)29/h6-11,17H,4-5,12-16,18H2,1-3H3. The summed E-state index contributed by atoms with van der Waals surface area (Å²) in [5, 5.41) is 0. The molecule has 0 aromatic heterocycles. The second-order valence-electron chi connectivity index (χ2n) is 8.03. The Balaban J connectivity index is 1.39. The first-order chi connectivity index (χ1) is 15.8. The summed E-state index contributed by atoms with van der Waals surface area (Å²) in [5.41, 5.74) is 1.07. The van der Waals surface area contributed by atoms with Crippen molar-refractivity contribution in [3.8, 4) is 17.2 Å². The maximum atomic E-state index is 12.6. The Hall–Kier alpha value is -2.78. The second-order valence-corrected chi connectivity index (χ2v) is 10.0. The van der Waals surface area contributed by atoms with Crippen LogP contribution in [0.2, 0.25) is 0 Å². The number of ether oxygens (including phenoxy) is 3. The smallest absolute Gasteiger partial charge is 0.222 e. The number of hydrogen-bond donors (Lipinski definition) is 0. The van der Waals surface area contributed by atoms with Gasteiger partial charge in [0.05, 0.1) is 25.7 Å². The highest BCUT2D eigenvalue weighted by Gasteiger charge is 2.22. The van der Waals surface area contributed by atoms with E-state index < -0.39 is 9.84 Å². The lowest BCUT2D eigenvalue weighted by atomic mass is 10.1. The van der Waals surface area contributed by atoms with E-state index in [1.807, 2.05) is 23.1 Å². The Labute approximate surface area is 196 Å². The van der Waals surface area contributed by atoms with E-state index in [-0.39, 0.29) is 10.8 Å². The number of hydrogen-bond acceptors (Lipinski definition) is 7. The molecule has 1 aliphatic rings. The molecule has 2 aromatic carbocycles. The number of methoxy groups -OCH3 is 2. The molecular weight excluding hydrogens is 444 g/mol. The summed E-state index contributed by atoms with van der Waals surface area (Å²) in [6, 6.07) is 12.1. The van der Waals surface area contributed by atoms with Crippen LogP contribution in [-0.4, -0.2) is 77.4 Å². The number of amides is 1. The summed E-state index contributed by atoms with van der Waals surface area (Å²) in [4.78, 5) is 17.0. The third-order valence-electron chi connectivity index (χ3n) is 5.66. The summed E-state index contributed by atoms with van der Waals surface area (Å²) in [6.45, 7) is 4.14. The zero-order valence-electron chi connectivity index (χ0n) is 19.5. The maximum absolute atomic E-state index is 12.6. The molecule has 33 heavy (non-hydrogen) atoms. The van der Waals surface area contributed by atoms with Crippen molar-refractivity contribution in [2.45, 2.75) is 24.3 Å². The fraction of sp³-hybridized carbons (Fsp3) is 0.458. The van der Waals surface area contributed by atoms with Gasteiger partial charge in [-0.25, -0.2) is 8.42 Å². The van der Waals surface area contributed by atoms with Crippen LogP contribution in [0.25, 0.3) is 0 Å². The Morgan fingerprint density at radius 1 is 0.939 bits per heavy atom. The highest BCUT2D eigenvalue weighted by molar-refractivity contribution is 7.90. The second kappa shape index (κ2) is 11.4. The molecule has 1 heterocycles. The fourth-order valence-electron chi connectivity index (χ4n) is 3.76. The van der Waals surface area contributed by atoms with Crippen molar-refractivity contribution in [1.29, 1.82) is 0 Å². The number of nitrogens with zero attached hydrogens (tertiary/aromatic N) is 2. The number of carbonyl (C=O) groups excluding carboxylic acids is 1. The molecule has 2 aromatic rings. The van der Waals surface area contributed by atoms with E-state index in [0.29, 0.717) is 38.3 Å².